The van der Waals surface area contributed by atoms with Gasteiger partial charge in [-0.1, -0.05) is 6.92 Å². The standard InChI is InChI=1S/C15H21N3O3S/c1-3-13-5-4-12(8-16-13)14(19)17-9-15(10-17)6-7-18(11-15)22(2,20)21/h4-5,8H,3,6-7,9-11H2,1-2H3. The normalized spacial score (nSPS) is 21.1. The van der Waals surface area contributed by atoms with Gasteiger partial charge >= 0.3 is 0 Å². The van der Waals surface area contributed by atoms with Crippen molar-refractivity contribution in [3.05, 3.63) is 29.6 Å². The number of hydrogen-bond donors (Lipinski definition) is 0. The summed E-state index contributed by atoms with van der Waals surface area (Å²) in [4.78, 5) is 18.4. The van der Waals surface area contributed by atoms with Crippen LogP contribution in [-0.2, 0) is 16.4 Å². The number of amides is 1. The van der Waals surface area contributed by atoms with E-state index < -0.39 is 10.0 Å². The summed E-state index contributed by atoms with van der Waals surface area (Å²) < 4.78 is 24.7. The van der Waals surface area contributed by atoms with Gasteiger partial charge in [0.2, 0.25) is 10.0 Å². The molecule has 0 aromatic carbocycles. The van der Waals surface area contributed by atoms with Crippen LogP contribution in [0.25, 0.3) is 0 Å². The molecule has 2 aliphatic heterocycles. The first-order valence-electron chi connectivity index (χ1n) is 7.52. The summed E-state index contributed by atoms with van der Waals surface area (Å²) in [5.74, 6) is -0.0152. The summed E-state index contributed by atoms with van der Waals surface area (Å²) >= 11 is 0. The van der Waals surface area contributed by atoms with Crippen LogP contribution in [0.3, 0.4) is 0 Å². The van der Waals surface area contributed by atoms with Crippen LogP contribution in [0.2, 0.25) is 0 Å². The molecule has 120 valence electrons. The van der Waals surface area contributed by atoms with Gasteiger partial charge in [-0.2, -0.15) is 0 Å². The molecule has 0 atom stereocenters. The largest absolute Gasteiger partial charge is 0.337 e. The zero-order chi connectivity index (χ0) is 16.0. The maximum Gasteiger partial charge on any atom is 0.255 e. The number of aromatic nitrogens is 1. The number of hydrogen-bond acceptors (Lipinski definition) is 4. The number of rotatable bonds is 3. The van der Waals surface area contributed by atoms with Gasteiger partial charge in [0.05, 0.1) is 11.8 Å². The summed E-state index contributed by atoms with van der Waals surface area (Å²) in [6, 6.07) is 3.69. The second kappa shape index (κ2) is 5.31. The summed E-state index contributed by atoms with van der Waals surface area (Å²) in [6.45, 7) is 4.38. The molecule has 0 saturated carbocycles. The Morgan fingerprint density at radius 3 is 2.55 bits per heavy atom. The molecular weight excluding hydrogens is 302 g/mol. The van der Waals surface area contributed by atoms with Crippen LogP contribution in [0, 0.1) is 5.41 Å². The lowest BCUT2D eigenvalue weighted by molar-refractivity contribution is 0.0136. The van der Waals surface area contributed by atoms with Gasteiger partial charge in [0, 0.05) is 43.5 Å². The second-order valence-electron chi connectivity index (χ2n) is 6.40. The van der Waals surface area contributed by atoms with Gasteiger partial charge in [-0.3, -0.25) is 9.78 Å². The van der Waals surface area contributed by atoms with Crippen molar-refractivity contribution in [3.63, 3.8) is 0 Å². The molecule has 2 fully saturated rings. The average molecular weight is 323 g/mol. The van der Waals surface area contributed by atoms with Crippen molar-refractivity contribution in [2.45, 2.75) is 19.8 Å². The van der Waals surface area contributed by atoms with E-state index in [1.165, 1.54) is 10.6 Å². The maximum atomic E-state index is 12.4. The van der Waals surface area contributed by atoms with Crippen LogP contribution >= 0.6 is 0 Å². The lowest BCUT2D eigenvalue weighted by atomic mass is 9.79. The van der Waals surface area contributed by atoms with Crippen molar-refractivity contribution in [2.75, 3.05) is 32.4 Å². The molecule has 7 heteroatoms. The minimum Gasteiger partial charge on any atom is -0.337 e. The third kappa shape index (κ3) is 2.75. The van der Waals surface area contributed by atoms with Gasteiger partial charge in [0.1, 0.15) is 0 Å². The quantitative estimate of drug-likeness (QED) is 0.823. The van der Waals surface area contributed by atoms with Crippen molar-refractivity contribution in [3.8, 4) is 0 Å². The van der Waals surface area contributed by atoms with Gasteiger partial charge in [0.15, 0.2) is 0 Å². The third-order valence-electron chi connectivity index (χ3n) is 4.65. The smallest absolute Gasteiger partial charge is 0.255 e. The molecule has 0 radical (unpaired) electrons. The highest BCUT2D eigenvalue weighted by Gasteiger charge is 2.50. The molecule has 0 N–H and O–H groups in total. The highest BCUT2D eigenvalue weighted by molar-refractivity contribution is 7.88. The molecule has 22 heavy (non-hydrogen) atoms. The van der Waals surface area contributed by atoms with Crippen LogP contribution in [0.4, 0.5) is 0 Å². The fourth-order valence-electron chi connectivity index (χ4n) is 3.29. The van der Waals surface area contributed by atoms with E-state index in [2.05, 4.69) is 4.98 Å². The molecule has 2 aliphatic rings. The van der Waals surface area contributed by atoms with Crippen LogP contribution in [0.15, 0.2) is 18.3 Å². The van der Waals surface area contributed by atoms with Crippen molar-refractivity contribution >= 4 is 15.9 Å². The fraction of sp³-hybridized carbons (Fsp3) is 0.600. The van der Waals surface area contributed by atoms with Gasteiger partial charge in [-0.25, -0.2) is 12.7 Å². The number of sulfonamides is 1. The molecule has 3 rings (SSSR count). The minimum atomic E-state index is -3.13. The van der Waals surface area contributed by atoms with E-state index >= 15 is 0 Å². The van der Waals surface area contributed by atoms with E-state index in [1.54, 1.807) is 11.1 Å². The Kier molecular flexibility index (Phi) is 3.72. The average Bonchev–Trinajstić information content (AvgIpc) is 2.90. The van der Waals surface area contributed by atoms with Gasteiger partial charge in [0.25, 0.3) is 5.91 Å². The highest BCUT2D eigenvalue weighted by Crippen LogP contribution is 2.40. The van der Waals surface area contributed by atoms with E-state index in [1.807, 2.05) is 19.1 Å². The number of carbonyl (C=O) groups excluding carboxylic acids is 1. The Morgan fingerprint density at radius 1 is 1.32 bits per heavy atom. The third-order valence-corrected chi connectivity index (χ3v) is 5.90. The predicted molar refractivity (Wildman–Crippen MR) is 83.0 cm³/mol. The molecule has 3 heterocycles. The van der Waals surface area contributed by atoms with Gasteiger partial charge in [-0.05, 0) is 25.0 Å². The lowest BCUT2D eigenvalue weighted by Crippen LogP contribution is -2.59. The molecule has 6 nitrogen and oxygen atoms in total. The molecule has 1 aromatic heterocycles. The van der Waals surface area contributed by atoms with E-state index in [-0.39, 0.29) is 11.3 Å². The topological polar surface area (TPSA) is 70.6 Å². The summed E-state index contributed by atoms with van der Waals surface area (Å²) in [6.07, 6.45) is 4.55. The molecule has 0 bridgehead atoms. The summed E-state index contributed by atoms with van der Waals surface area (Å²) in [7, 11) is -3.13. The fourth-order valence-corrected chi connectivity index (χ4v) is 4.22. The van der Waals surface area contributed by atoms with Crippen LogP contribution in [-0.4, -0.2) is 60.9 Å². The minimum absolute atomic E-state index is 0.0152. The zero-order valence-corrected chi connectivity index (χ0v) is 13.8. The van der Waals surface area contributed by atoms with E-state index in [0.717, 1.165) is 18.5 Å². The van der Waals surface area contributed by atoms with Gasteiger partial charge in [-0.15, -0.1) is 0 Å². The first kappa shape index (κ1) is 15.4. The molecule has 2 saturated heterocycles. The Labute approximate surface area is 131 Å². The number of nitrogens with zero attached hydrogens (tertiary/aromatic N) is 3. The molecule has 0 unspecified atom stereocenters. The number of carbonyl (C=O) groups is 1. The first-order chi connectivity index (χ1) is 10.3. The van der Waals surface area contributed by atoms with Crippen LogP contribution < -0.4 is 0 Å². The summed E-state index contributed by atoms with van der Waals surface area (Å²) in [5, 5.41) is 0. The Morgan fingerprint density at radius 2 is 2.05 bits per heavy atom. The first-order valence-corrected chi connectivity index (χ1v) is 9.37. The van der Waals surface area contributed by atoms with Gasteiger partial charge < -0.3 is 4.90 Å². The number of likely N-dealkylation sites (tertiary alicyclic amines) is 1. The SMILES string of the molecule is CCc1ccc(C(=O)N2CC3(CCN(S(C)(=O)=O)C3)C2)cn1. The van der Waals surface area contributed by atoms with Crippen molar-refractivity contribution in [1.82, 2.24) is 14.2 Å². The van der Waals surface area contributed by atoms with E-state index in [4.69, 9.17) is 0 Å². The monoisotopic (exact) mass is 323 g/mol. The molecular formula is C15H21N3O3S. The van der Waals surface area contributed by atoms with Crippen molar-refractivity contribution in [2.24, 2.45) is 5.41 Å². The number of aryl methyl sites for hydroxylation is 1. The lowest BCUT2D eigenvalue weighted by Gasteiger charge is -2.48. The Balaban J connectivity index is 1.62. The molecule has 1 amide bonds. The second-order valence-corrected chi connectivity index (χ2v) is 8.38. The summed E-state index contributed by atoms with van der Waals surface area (Å²) in [5.41, 5.74) is 1.52. The van der Waals surface area contributed by atoms with Crippen LogP contribution in [0.5, 0.6) is 0 Å². The molecule has 0 aliphatic carbocycles. The maximum absolute atomic E-state index is 12.4. The Bertz CT molecular complexity index is 678. The van der Waals surface area contributed by atoms with Crippen molar-refractivity contribution in [1.29, 1.82) is 0 Å². The molecule has 1 spiro atoms. The van der Waals surface area contributed by atoms with Crippen LogP contribution in [0.1, 0.15) is 29.4 Å². The molecule has 1 aromatic rings. The predicted octanol–water partition coefficient (Wildman–Crippen LogP) is 0.751. The van der Waals surface area contributed by atoms with E-state index in [0.29, 0.717) is 31.7 Å². The van der Waals surface area contributed by atoms with E-state index in [9.17, 15) is 13.2 Å². The number of pyridine rings is 1. The highest BCUT2D eigenvalue weighted by atomic mass is 32.2. The zero-order valence-electron chi connectivity index (χ0n) is 12.9. The Hall–Kier alpha value is -1.47. The van der Waals surface area contributed by atoms with Crippen molar-refractivity contribution < 1.29 is 13.2 Å².